The van der Waals surface area contributed by atoms with Gasteiger partial charge in [0.1, 0.15) is 0 Å². The molecule has 1 aliphatic rings. The highest BCUT2D eigenvalue weighted by molar-refractivity contribution is 5.15. The highest BCUT2D eigenvalue weighted by atomic mass is 14.3. The van der Waals surface area contributed by atoms with Gasteiger partial charge in [0.05, 0.1) is 0 Å². The largest absolute Gasteiger partial charge is 0.0651 e. The summed E-state index contributed by atoms with van der Waals surface area (Å²) in [5.41, 5.74) is 1.51. The molecule has 1 saturated carbocycles. The predicted octanol–water partition coefficient (Wildman–Crippen LogP) is 5.08. The van der Waals surface area contributed by atoms with E-state index in [-0.39, 0.29) is 0 Å². The number of hydrogen-bond acceptors (Lipinski definition) is 0. The Morgan fingerprint density at radius 1 is 1.06 bits per heavy atom. The average molecular weight is 230 g/mol. The first-order valence-electron chi connectivity index (χ1n) is 7.33. The van der Waals surface area contributed by atoms with Crippen LogP contribution in [0, 0.1) is 17.8 Å². The van der Waals surface area contributed by atoms with Crippen LogP contribution in [0.1, 0.15) is 51.5 Å². The molecule has 2 rings (SSSR count). The van der Waals surface area contributed by atoms with Gasteiger partial charge in [-0.2, -0.15) is 0 Å². The summed E-state index contributed by atoms with van der Waals surface area (Å²) >= 11 is 0. The minimum atomic E-state index is 0.857. The Kier molecular flexibility index (Phi) is 4.65. The van der Waals surface area contributed by atoms with Crippen molar-refractivity contribution >= 4 is 0 Å². The Hall–Kier alpha value is -0.780. The third kappa shape index (κ3) is 3.59. The third-order valence-corrected chi connectivity index (χ3v) is 4.67. The van der Waals surface area contributed by atoms with Crippen molar-refractivity contribution in [1.82, 2.24) is 0 Å². The summed E-state index contributed by atoms with van der Waals surface area (Å²) in [4.78, 5) is 0. The van der Waals surface area contributed by atoms with Gasteiger partial charge in [-0.1, -0.05) is 63.4 Å². The molecule has 1 atom stereocenters. The number of rotatable bonds is 4. The zero-order valence-electron chi connectivity index (χ0n) is 11.4. The van der Waals surface area contributed by atoms with Gasteiger partial charge in [-0.25, -0.2) is 0 Å². The summed E-state index contributed by atoms with van der Waals surface area (Å²) in [6, 6.07) is 11.0. The van der Waals surface area contributed by atoms with Crippen molar-refractivity contribution < 1.29 is 0 Å². The van der Waals surface area contributed by atoms with Crippen molar-refractivity contribution in [2.45, 2.75) is 52.4 Å². The van der Waals surface area contributed by atoms with Crippen molar-refractivity contribution in [3.63, 3.8) is 0 Å². The fraction of sp³-hybridized carbons (Fsp3) is 0.647. The average Bonchev–Trinajstić information content (AvgIpc) is 2.40. The lowest BCUT2D eigenvalue weighted by Gasteiger charge is -2.32. The van der Waals surface area contributed by atoms with Gasteiger partial charge >= 0.3 is 0 Å². The van der Waals surface area contributed by atoms with Crippen molar-refractivity contribution in [2.24, 2.45) is 17.8 Å². The van der Waals surface area contributed by atoms with E-state index in [0.717, 1.165) is 17.8 Å². The second-order valence-corrected chi connectivity index (χ2v) is 5.86. The topological polar surface area (TPSA) is 0 Å². The number of hydrogen-bond donors (Lipinski definition) is 0. The van der Waals surface area contributed by atoms with E-state index in [2.05, 4.69) is 44.2 Å². The molecule has 0 bridgehead atoms. The summed E-state index contributed by atoms with van der Waals surface area (Å²) in [5, 5.41) is 0. The fourth-order valence-corrected chi connectivity index (χ4v) is 3.32. The molecule has 17 heavy (non-hydrogen) atoms. The first-order valence-corrected chi connectivity index (χ1v) is 7.33. The first-order chi connectivity index (χ1) is 8.29. The van der Waals surface area contributed by atoms with Crippen LogP contribution in [0.15, 0.2) is 30.3 Å². The molecule has 0 saturated heterocycles. The summed E-state index contributed by atoms with van der Waals surface area (Å²) < 4.78 is 0. The minimum absolute atomic E-state index is 0.857. The van der Waals surface area contributed by atoms with E-state index in [1.54, 1.807) is 0 Å². The number of benzene rings is 1. The molecule has 0 nitrogen and oxygen atoms in total. The standard InChI is InChI=1S/C17H26/c1-3-15-9-11-17(12-10-15)14(2)13-16-7-5-4-6-8-16/h4-8,14-15,17H,3,9-13H2,1-2H3. The Labute approximate surface area is 106 Å². The molecule has 0 heterocycles. The Morgan fingerprint density at radius 2 is 1.71 bits per heavy atom. The van der Waals surface area contributed by atoms with E-state index in [0.29, 0.717) is 0 Å². The highest BCUT2D eigenvalue weighted by Crippen LogP contribution is 2.35. The second kappa shape index (κ2) is 6.23. The Bertz CT molecular complexity index is 306. The van der Waals surface area contributed by atoms with Crippen LogP contribution in [0.3, 0.4) is 0 Å². The second-order valence-electron chi connectivity index (χ2n) is 5.86. The van der Waals surface area contributed by atoms with Gasteiger partial charge in [-0.05, 0) is 42.6 Å². The maximum atomic E-state index is 2.45. The van der Waals surface area contributed by atoms with E-state index in [4.69, 9.17) is 0 Å². The molecule has 0 aliphatic heterocycles. The molecular formula is C17H26. The zero-order chi connectivity index (χ0) is 12.1. The quantitative estimate of drug-likeness (QED) is 0.676. The highest BCUT2D eigenvalue weighted by Gasteiger charge is 2.24. The van der Waals surface area contributed by atoms with Crippen LogP contribution in [0.25, 0.3) is 0 Å². The summed E-state index contributed by atoms with van der Waals surface area (Å²) in [6.07, 6.45) is 8.53. The van der Waals surface area contributed by atoms with Crippen molar-refractivity contribution in [1.29, 1.82) is 0 Å². The van der Waals surface area contributed by atoms with Gasteiger partial charge < -0.3 is 0 Å². The SMILES string of the molecule is CCC1CCC(C(C)Cc2ccccc2)CC1. The van der Waals surface area contributed by atoms with Gasteiger partial charge in [-0.3, -0.25) is 0 Å². The van der Waals surface area contributed by atoms with E-state index >= 15 is 0 Å². The lowest BCUT2D eigenvalue weighted by atomic mass is 9.74. The van der Waals surface area contributed by atoms with Crippen LogP contribution in [-0.4, -0.2) is 0 Å². The maximum Gasteiger partial charge on any atom is -0.0250 e. The molecule has 0 heteroatoms. The van der Waals surface area contributed by atoms with Gasteiger partial charge in [0.2, 0.25) is 0 Å². The van der Waals surface area contributed by atoms with Crippen LogP contribution in [0.2, 0.25) is 0 Å². The molecule has 0 N–H and O–H groups in total. The van der Waals surface area contributed by atoms with Crippen LogP contribution >= 0.6 is 0 Å². The predicted molar refractivity (Wildman–Crippen MR) is 75.0 cm³/mol. The lowest BCUT2D eigenvalue weighted by Crippen LogP contribution is -2.21. The van der Waals surface area contributed by atoms with Crippen LogP contribution in [0.5, 0.6) is 0 Å². The minimum Gasteiger partial charge on any atom is -0.0651 e. The molecule has 1 fully saturated rings. The third-order valence-electron chi connectivity index (χ3n) is 4.67. The Balaban J connectivity index is 1.83. The monoisotopic (exact) mass is 230 g/mol. The molecule has 0 aromatic heterocycles. The summed E-state index contributed by atoms with van der Waals surface area (Å²) in [6.45, 7) is 4.79. The summed E-state index contributed by atoms with van der Waals surface area (Å²) in [5.74, 6) is 2.85. The van der Waals surface area contributed by atoms with Gasteiger partial charge in [0.25, 0.3) is 0 Å². The molecule has 94 valence electrons. The first kappa shape index (κ1) is 12.7. The van der Waals surface area contributed by atoms with Crippen molar-refractivity contribution in [3.8, 4) is 0 Å². The van der Waals surface area contributed by atoms with Gasteiger partial charge in [0, 0.05) is 0 Å². The van der Waals surface area contributed by atoms with Crippen LogP contribution in [0.4, 0.5) is 0 Å². The van der Waals surface area contributed by atoms with Crippen molar-refractivity contribution in [3.05, 3.63) is 35.9 Å². The molecule has 1 aromatic carbocycles. The molecule has 1 unspecified atom stereocenters. The zero-order valence-corrected chi connectivity index (χ0v) is 11.4. The molecule has 0 radical (unpaired) electrons. The van der Waals surface area contributed by atoms with E-state index in [1.165, 1.54) is 44.1 Å². The summed E-state index contributed by atoms with van der Waals surface area (Å²) in [7, 11) is 0. The lowest BCUT2D eigenvalue weighted by molar-refractivity contribution is 0.210. The van der Waals surface area contributed by atoms with Crippen molar-refractivity contribution in [2.75, 3.05) is 0 Å². The molecule has 1 aliphatic carbocycles. The molecule has 0 spiro atoms. The molecule has 1 aromatic rings. The Morgan fingerprint density at radius 3 is 2.29 bits per heavy atom. The van der Waals surface area contributed by atoms with Gasteiger partial charge in [-0.15, -0.1) is 0 Å². The maximum absolute atomic E-state index is 2.45. The van der Waals surface area contributed by atoms with E-state index < -0.39 is 0 Å². The fourth-order valence-electron chi connectivity index (χ4n) is 3.32. The van der Waals surface area contributed by atoms with E-state index in [1.807, 2.05) is 0 Å². The smallest absolute Gasteiger partial charge is 0.0250 e. The van der Waals surface area contributed by atoms with E-state index in [9.17, 15) is 0 Å². The normalized spacial score (nSPS) is 26.7. The van der Waals surface area contributed by atoms with Crippen LogP contribution < -0.4 is 0 Å². The van der Waals surface area contributed by atoms with Gasteiger partial charge in [0.15, 0.2) is 0 Å². The van der Waals surface area contributed by atoms with Crippen LogP contribution in [-0.2, 0) is 6.42 Å². The molecule has 0 amide bonds. The molecular weight excluding hydrogens is 204 g/mol.